The summed E-state index contributed by atoms with van der Waals surface area (Å²) in [6.45, 7) is 10.4. The average Bonchev–Trinajstić information content (AvgIpc) is 2.73. The van der Waals surface area contributed by atoms with Crippen LogP contribution in [0, 0.1) is 0 Å². The van der Waals surface area contributed by atoms with E-state index >= 15 is 0 Å². The maximum absolute atomic E-state index is 11.2. The minimum atomic E-state index is -0.306. The largest absolute Gasteiger partial charge is 0.497 e. The van der Waals surface area contributed by atoms with Gasteiger partial charge in [0, 0.05) is 12.3 Å². The van der Waals surface area contributed by atoms with Crippen molar-refractivity contribution < 1.29 is 14.3 Å². The van der Waals surface area contributed by atoms with E-state index in [4.69, 9.17) is 9.47 Å². The number of esters is 1. The van der Waals surface area contributed by atoms with E-state index in [9.17, 15) is 4.79 Å². The summed E-state index contributed by atoms with van der Waals surface area (Å²) in [5.74, 6) is 1.14. The summed E-state index contributed by atoms with van der Waals surface area (Å²) >= 11 is 0. The van der Waals surface area contributed by atoms with Gasteiger partial charge in [0.25, 0.3) is 0 Å². The highest BCUT2D eigenvalue weighted by molar-refractivity contribution is 5.69. The van der Waals surface area contributed by atoms with Crippen LogP contribution in [0.3, 0.4) is 0 Å². The fraction of sp³-hybridized carbons (Fsp3) is 0.321. The van der Waals surface area contributed by atoms with Gasteiger partial charge in [0.15, 0.2) is 0 Å². The first-order valence-electron chi connectivity index (χ1n) is 10.6. The summed E-state index contributed by atoms with van der Waals surface area (Å²) in [5, 5.41) is 0. The van der Waals surface area contributed by atoms with E-state index in [2.05, 4.69) is 64.1 Å². The van der Waals surface area contributed by atoms with Gasteiger partial charge in [-0.3, -0.25) is 4.79 Å². The van der Waals surface area contributed by atoms with Gasteiger partial charge >= 0.3 is 5.97 Å². The molecular weight excluding hydrogens is 384 g/mol. The van der Waals surface area contributed by atoms with Gasteiger partial charge in [0.1, 0.15) is 11.5 Å². The zero-order valence-electron chi connectivity index (χ0n) is 19.4. The molecule has 0 aliphatic heterocycles. The molecule has 0 bridgehead atoms. The topological polar surface area (TPSA) is 35.5 Å². The zero-order chi connectivity index (χ0) is 22.6. The summed E-state index contributed by atoms with van der Waals surface area (Å²) in [6, 6.07) is 25.0. The molecule has 3 heteroatoms. The molecule has 0 fully saturated rings. The fourth-order valence-corrected chi connectivity index (χ4v) is 4.00. The van der Waals surface area contributed by atoms with Crippen LogP contribution >= 0.6 is 0 Å². The second-order valence-corrected chi connectivity index (χ2v) is 9.23. The number of carbonyl (C=O) groups is 1. The van der Waals surface area contributed by atoms with Crippen molar-refractivity contribution in [2.75, 3.05) is 7.11 Å². The third-order valence-corrected chi connectivity index (χ3v) is 6.00. The molecule has 0 unspecified atom stereocenters. The molecule has 0 saturated carbocycles. The summed E-state index contributed by atoms with van der Waals surface area (Å²) in [5.41, 5.74) is 4.86. The molecule has 0 amide bonds. The lowest BCUT2D eigenvalue weighted by molar-refractivity contribution is -0.131. The van der Waals surface area contributed by atoms with E-state index in [1.54, 1.807) is 7.11 Å². The first-order chi connectivity index (χ1) is 14.6. The molecule has 0 aliphatic rings. The number of hydrogen-bond acceptors (Lipinski definition) is 3. The molecule has 0 radical (unpaired) electrons. The van der Waals surface area contributed by atoms with Crippen LogP contribution in [0.5, 0.6) is 11.5 Å². The lowest BCUT2D eigenvalue weighted by Gasteiger charge is -2.29. The van der Waals surface area contributed by atoms with E-state index in [-0.39, 0.29) is 16.8 Å². The molecule has 3 nitrogen and oxygen atoms in total. The molecule has 3 aromatic rings. The second kappa shape index (κ2) is 8.97. The Morgan fingerprint density at radius 3 is 1.94 bits per heavy atom. The van der Waals surface area contributed by atoms with Crippen molar-refractivity contribution in [2.45, 2.75) is 51.9 Å². The molecular formula is C28H32O3. The fourth-order valence-electron chi connectivity index (χ4n) is 4.00. The van der Waals surface area contributed by atoms with Crippen LogP contribution in [0.2, 0.25) is 0 Å². The van der Waals surface area contributed by atoms with Gasteiger partial charge in [-0.1, -0.05) is 76.2 Å². The predicted molar refractivity (Wildman–Crippen MR) is 126 cm³/mol. The third kappa shape index (κ3) is 5.35. The van der Waals surface area contributed by atoms with E-state index in [1.807, 2.05) is 36.4 Å². The monoisotopic (exact) mass is 416 g/mol. The van der Waals surface area contributed by atoms with E-state index < -0.39 is 0 Å². The first-order valence-corrected chi connectivity index (χ1v) is 10.6. The maximum Gasteiger partial charge on any atom is 0.308 e. The van der Waals surface area contributed by atoms with Crippen LogP contribution < -0.4 is 9.47 Å². The summed E-state index contributed by atoms with van der Waals surface area (Å²) in [7, 11) is 1.69. The Morgan fingerprint density at radius 2 is 1.35 bits per heavy atom. The number of ether oxygens (including phenoxy) is 2. The van der Waals surface area contributed by atoms with Crippen molar-refractivity contribution in [3.63, 3.8) is 0 Å². The lowest BCUT2D eigenvalue weighted by atomic mass is 9.75. The van der Waals surface area contributed by atoms with Crippen molar-refractivity contribution >= 4 is 5.97 Å². The number of rotatable bonds is 7. The smallest absolute Gasteiger partial charge is 0.308 e. The third-order valence-electron chi connectivity index (χ3n) is 6.00. The molecule has 0 N–H and O–H groups in total. The molecule has 0 spiro atoms. The van der Waals surface area contributed by atoms with Gasteiger partial charge in [0.2, 0.25) is 0 Å². The Kier molecular flexibility index (Phi) is 6.54. The first kappa shape index (κ1) is 22.6. The minimum Gasteiger partial charge on any atom is -0.497 e. The van der Waals surface area contributed by atoms with Crippen LogP contribution in [-0.4, -0.2) is 13.1 Å². The highest BCUT2D eigenvalue weighted by atomic mass is 16.5. The van der Waals surface area contributed by atoms with Crippen LogP contribution in [0.15, 0.2) is 72.8 Å². The highest BCUT2D eigenvalue weighted by Crippen LogP contribution is 2.35. The molecule has 0 saturated heterocycles. The zero-order valence-corrected chi connectivity index (χ0v) is 19.4. The van der Waals surface area contributed by atoms with Crippen molar-refractivity contribution in [1.29, 1.82) is 0 Å². The number of benzene rings is 3. The van der Waals surface area contributed by atoms with Gasteiger partial charge in [-0.05, 0) is 58.4 Å². The standard InChI is InChI=1S/C28H32O3/c1-20(29)31-26-16-12-23(13-17-26)28(4,5)24-9-7-8-21(18-24)19-27(2,3)22-10-14-25(30-6)15-11-22/h7-18H,19H2,1-6H3. The van der Waals surface area contributed by atoms with Crippen LogP contribution in [0.25, 0.3) is 0 Å². The molecule has 0 heterocycles. The van der Waals surface area contributed by atoms with Crippen molar-refractivity contribution in [3.8, 4) is 11.5 Å². The lowest BCUT2D eigenvalue weighted by Crippen LogP contribution is -2.22. The average molecular weight is 417 g/mol. The molecule has 3 aromatic carbocycles. The van der Waals surface area contributed by atoms with Crippen molar-refractivity contribution in [1.82, 2.24) is 0 Å². The Labute approximate surface area is 186 Å². The Morgan fingerprint density at radius 1 is 0.774 bits per heavy atom. The van der Waals surface area contributed by atoms with E-state index in [0.717, 1.165) is 12.2 Å². The van der Waals surface area contributed by atoms with Gasteiger partial charge in [-0.15, -0.1) is 0 Å². The molecule has 0 aliphatic carbocycles. The molecule has 31 heavy (non-hydrogen) atoms. The SMILES string of the molecule is COc1ccc(C(C)(C)Cc2cccc(C(C)(C)c3ccc(OC(C)=O)cc3)c2)cc1. The summed E-state index contributed by atoms with van der Waals surface area (Å²) < 4.78 is 10.5. The van der Waals surface area contributed by atoms with Crippen molar-refractivity contribution in [2.24, 2.45) is 0 Å². The van der Waals surface area contributed by atoms with Crippen LogP contribution in [0.1, 0.15) is 56.9 Å². The molecule has 0 atom stereocenters. The molecule has 0 aromatic heterocycles. The minimum absolute atomic E-state index is 0.000709. The maximum atomic E-state index is 11.2. The Balaban J connectivity index is 1.83. The number of methoxy groups -OCH3 is 1. The van der Waals surface area contributed by atoms with Gasteiger partial charge in [-0.25, -0.2) is 0 Å². The van der Waals surface area contributed by atoms with Crippen LogP contribution in [0.4, 0.5) is 0 Å². The van der Waals surface area contributed by atoms with Crippen molar-refractivity contribution in [3.05, 3.63) is 95.1 Å². The Bertz CT molecular complexity index is 1030. The van der Waals surface area contributed by atoms with E-state index in [0.29, 0.717) is 5.75 Å². The predicted octanol–water partition coefficient (Wildman–Crippen LogP) is 6.47. The van der Waals surface area contributed by atoms with Gasteiger partial charge < -0.3 is 9.47 Å². The highest BCUT2D eigenvalue weighted by Gasteiger charge is 2.25. The summed E-state index contributed by atoms with van der Waals surface area (Å²) in [4.78, 5) is 11.2. The van der Waals surface area contributed by atoms with Gasteiger partial charge in [0.05, 0.1) is 7.11 Å². The van der Waals surface area contributed by atoms with Gasteiger partial charge in [-0.2, -0.15) is 0 Å². The quantitative estimate of drug-likeness (QED) is 0.327. The Hall–Kier alpha value is -3.07. The van der Waals surface area contributed by atoms with E-state index in [1.165, 1.54) is 29.2 Å². The normalized spacial score (nSPS) is 11.8. The second-order valence-electron chi connectivity index (χ2n) is 9.23. The number of carbonyl (C=O) groups excluding carboxylic acids is 1. The van der Waals surface area contributed by atoms with Crippen LogP contribution in [-0.2, 0) is 22.0 Å². The summed E-state index contributed by atoms with van der Waals surface area (Å²) in [6.07, 6.45) is 0.939. The number of hydrogen-bond donors (Lipinski definition) is 0. The molecule has 3 rings (SSSR count). The molecule has 162 valence electrons.